The molecule has 0 radical (unpaired) electrons. The van der Waals surface area contributed by atoms with Crippen LogP contribution in [0, 0.1) is 0 Å². The summed E-state index contributed by atoms with van der Waals surface area (Å²) < 4.78 is 0. The van der Waals surface area contributed by atoms with Crippen molar-refractivity contribution in [1.82, 2.24) is 5.32 Å². The molecule has 0 rings (SSSR count). The molecule has 0 aromatic heterocycles. The quantitative estimate of drug-likeness (QED) is 0.621. The van der Waals surface area contributed by atoms with Gasteiger partial charge < -0.3 is 10.4 Å². The second-order valence-corrected chi connectivity index (χ2v) is 2.69. The SMILES string of the molecule is C.CC(=O)NCCCCCC(=O)O. The Hall–Kier alpha value is -1.06. The Kier molecular flexibility index (Phi) is 10.0. The first-order valence-corrected chi connectivity index (χ1v) is 4.09. The smallest absolute Gasteiger partial charge is 0.303 e. The van der Waals surface area contributed by atoms with E-state index in [2.05, 4.69) is 5.32 Å². The Morgan fingerprint density at radius 3 is 2.31 bits per heavy atom. The Morgan fingerprint density at radius 1 is 1.23 bits per heavy atom. The second-order valence-electron chi connectivity index (χ2n) is 2.69. The predicted molar refractivity (Wildman–Crippen MR) is 51.5 cm³/mol. The fraction of sp³-hybridized carbons (Fsp3) is 0.778. The third kappa shape index (κ3) is 13.9. The molecule has 0 heterocycles. The molecule has 0 fully saturated rings. The monoisotopic (exact) mass is 189 g/mol. The van der Waals surface area contributed by atoms with E-state index in [0.29, 0.717) is 13.0 Å². The minimum Gasteiger partial charge on any atom is -0.481 e. The lowest BCUT2D eigenvalue weighted by Gasteiger charge is -2.00. The van der Waals surface area contributed by atoms with Crippen LogP contribution in [0.15, 0.2) is 0 Å². The maximum atomic E-state index is 10.4. The summed E-state index contributed by atoms with van der Waals surface area (Å²) in [4.78, 5) is 20.4. The summed E-state index contributed by atoms with van der Waals surface area (Å²) in [5, 5.41) is 10.9. The number of carboxylic acid groups (broad SMARTS) is 1. The maximum absolute atomic E-state index is 10.4. The van der Waals surface area contributed by atoms with Crippen LogP contribution in [0.2, 0.25) is 0 Å². The van der Waals surface area contributed by atoms with Crippen LogP contribution < -0.4 is 5.32 Å². The molecule has 0 atom stereocenters. The number of unbranched alkanes of at least 4 members (excludes halogenated alkanes) is 2. The third-order valence-corrected chi connectivity index (χ3v) is 1.44. The molecule has 4 heteroatoms. The average Bonchev–Trinajstić information content (AvgIpc) is 1.95. The van der Waals surface area contributed by atoms with Gasteiger partial charge in [-0.05, 0) is 12.8 Å². The van der Waals surface area contributed by atoms with Gasteiger partial charge in [-0.3, -0.25) is 9.59 Å². The van der Waals surface area contributed by atoms with Crippen LogP contribution in [-0.4, -0.2) is 23.5 Å². The molecular weight excluding hydrogens is 170 g/mol. The molecule has 78 valence electrons. The van der Waals surface area contributed by atoms with E-state index in [1.54, 1.807) is 0 Å². The zero-order valence-corrected chi connectivity index (χ0v) is 7.30. The molecule has 2 N–H and O–H groups in total. The van der Waals surface area contributed by atoms with Crippen molar-refractivity contribution in [2.75, 3.05) is 6.54 Å². The Balaban J connectivity index is 0. The van der Waals surface area contributed by atoms with Crippen LogP contribution >= 0.6 is 0 Å². The van der Waals surface area contributed by atoms with Crippen molar-refractivity contribution in [3.05, 3.63) is 0 Å². The summed E-state index contributed by atoms with van der Waals surface area (Å²) >= 11 is 0. The van der Waals surface area contributed by atoms with Crippen molar-refractivity contribution in [2.24, 2.45) is 0 Å². The van der Waals surface area contributed by atoms with E-state index in [4.69, 9.17) is 5.11 Å². The predicted octanol–water partition coefficient (Wildman–Crippen LogP) is 1.40. The van der Waals surface area contributed by atoms with Gasteiger partial charge in [0.05, 0.1) is 0 Å². The summed E-state index contributed by atoms with van der Waals surface area (Å²) in [5.74, 6) is -0.789. The van der Waals surface area contributed by atoms with Crippen LogP contribution in [-0.2, 0) is 9.59 Å². The van der Waals surface area contributed by atoms with E-state index in [1.165, 1.54) is 6.92 Å². The van der Waals surface area contributed by atoms with Crippen molar-refractivity contribution in [2.45, 2.75) is 40.0 Å². The van der Waals surface area contributed by atoms with Crippen molar-refractivity contribution in [3.8, 4) is 0 Å². The third-order valence-electron chi connectivity index (χ3n) is 1.44. The first kappa shape index (κ1) is 14.5. The fourth-order valence-corrected chi connectivity index (χ4v) is 0.842. The van der Waals surface area contributed by atoms with E-state index in [1.807, 2.05) is 0 Å². The number of carbonyl (C=O) groups excluding carboxylic acids is 1. The highest BCUT2D eigenvalue weighted by Gasteiger charge is 1.96. The van der Waals surface area contributed by atoms with Gasteiger partial charge in [-0.25, -0.2) is 0 Å². The normalized spacial score (nSPS) is 8.69. The molecule has 0 bridgehead atoms. The van der Waals surface area contributed by atoms with Gasteiger partial charge in [0.15, 0.2) is 0 Å². The first-order valence-electron chi connectivity index (χ1n) is 4.09. The van der Waals surface area contributed by atoms with Gasteiger partial charge in [-0.1, -0.05) is 13.8 Å². The lowest BCUT2D eigenvalue weighted by Crippen LogP contribution is -2.20. The van der Waals surface area contributed by atoms with Crippen LogP contribution in [0.4, 0.5) is 0 Å². The lowest BCUT2D eigenvalue weighted by molar-refractivity contribution is -0.137. The van der Waals surface area contributed by atoms with Gasteiger partial charge >= 0.3 is 5.97 Å². The van der Waals surface area contributed by atoms with E-state index in [0.717, 1.165) is 12.8 Å². The van der Waals surface area contributed by atoms with Crippen molar-refractivity contribution in [1.29, 1.82) is 0 Å². The van der Waals surface area contributed by atoms with Gasteiger partial charge in [-0.15, -0.1) is 0 Å². The molecule has 0 aliphatic carbocycles. The molecule has 1 amide bonds. The summed E-state index contributed by atoms with van der Waals surface area (Å²) in [7, 11) is 0. The molecule has 4 nitrogen and oxygen atoms in total. The number of hydrogen-bond acceptors (Lipinski definition) is 2. The summed E-state index contributed by atoms with van der Waals surface area (Å²) in [6.45, 7) is 2.12. The number of amides is 1. The molecule has 0 spiro atoms. The Morgan fingerprint density at radius 2 is 1.85 bits per heavy atom. The molecule has 13 heavy (non-hydrogen) atoms. The topological polar surface area (TPSA) is 66.4 Å². The zero-order chi connectivity index (χ0) is 9.40. The van der Waals surface area contributed by atoms with E-state index in [-0.39, 0.29) is 19.8 Å². The minimum atomic E-state index is -0.755. The molecular formula is C9H19NO3. The summed E-state index contributed by atoms with van der Waals surface area (Å²) in [5.41, 5.74) is 0. The fourth-order valence-electron chi connectivity index (χ4n) is 0.842. The van der Waals surface area contributed by atoms with Gasteiger partial charge in [0.25, 0.3) is 0 Å². The van der Waals surface area contributed by atoms with Crippen LogP contribution in [0.25, 0.3) is 0 Å². The van der Waals surface area contributed by atoms with Gasteiger partial charge in [0, 0.05) is 19.9 Å². The average molecular weight is 189 g/mol. The Labute approximate surface area is 79.3 Å². The van der Waals surface area contributed by atoms with Crippen molar-refractivity contribution < 1.29 is 14.7 Å². The maximum Gasteiger partial charge on any atom is 0.303 e. The molecule has 0 unspecified atom stereocenters. The summed E-state index contributed by atoms with van der Waals surface area (Å²) in [6.07, 6.45) is 2.62. The molecule has 0 aromatic carbocycles. The van der Waals surface area contributed by atoms with Crippen molar-refractivity contribution in [3.63, 3.8) is 0 Å². The van der Waals surface area contributed by atoms with Gasteiger partial charge in [0.1, 0.15) is 0 Å². The van der Waals surface area contributed by atoms with Crippen molar-refractivity contribution >= 4 is 11.9 Å². The van der Waals surface area contributed by atoms with E-state index < -0.39 is 5.97 Å². The second kappa shape index (κ2) is 9.03. The zero-order valence-electron chi connectivity index (χ0n) is 7.30. The van der Waals surface area contributed by atoms with E-state index >= 15 is 0 Å². The number of rotatable bonds is 6. The molecule has 0 aliphatic heterocycles. The van der Waals surface area contributed by atoms with Crippen LogP contribution in [0.5, 0.6) is 0 Å². The van der Waals surface area contributed by atoms with Crippen LogP contribution in [0.1, 0.15) is 40.0 Å². The highest BCUT2D eigenvalue weighted by atomic mass is 16.4. The molecule has 0 saturated carbocycles. The van der Waals surface area contributed by atoms with Gasteiger partial charge in [-0.2, -0.15) is 0 Å². The van der Waals surface area contributed by atoms with Crippen LogP contribution in [0.3, 0.4) is 0 Å². The molecule has 0 aromatic rings. The van der Waals surface area contributed by atoms with Gasteiger partial charge in [0.2, 0.25) is 5.91 Å². The minimum absolute atomic E-state index is 0. The number of hydrogen-bond donors (Lipinski definition) is 2. The molecule has 0 aliphatic rings. The highest BCUT2D eigenvalue weighted by molar-refractivity contribution is 5.72. The molecule has 0 saturated heterocycles. The Bertz CT molecular complexity index is 139. The lowest BCUT2D eigenvalue weighted by atomic mass is 10.2. The standard InChI is InChI=1S/C8H15NO3.CH4/c1-7(10)9-6-4-2-3-5-8(11)12;/h2-6H2,1H3,(H,9,10)(H,11,12);1H4. The number of nitrogens with one attached hydrogen (secondary N) is 1. The largest absolute Gasteiger partial charge is 0.481 e. The number of carbonyl (C=O) groups is 2. The number of aliphatic carboxylic acids is 1. The highest BCUT2D eigenvalue weighted by Crippen LogP contribution is 1.98. The summed E-state index contributed by atoms with van der Waals surface area (Å²) in [6, 6.07) is 0. The first-order chi connectivity index (χ1) is 5.63. The van der Waals surface area contributed by atoms with E-state index in [9.17, 15) is 9.59 Å². The number of carboxylic acids is 1.